The molecule has 0 aliphatic carbocycles. The maximum absolute atomic E-state index is 13.4. The SMILES string of the molecule is Nc1cnccc1SCc1c(F)cccc1F. The molecule has 1 heterocycles. The zero-order valence-corrected chi connectivity index (χ0v) is 9.68. The Morgan fingerprint density at radius 3 is 2.53 bits per heavy atom. The van der Waals surface area contributed by atoms with Crippen molar-refractivity contribution >= 4 is 17.4 Å². The first kappa shape index (κ1) is 11.9. The molecular weight excluding hydrogens is 242 g/mol. The lowest BCUT2D eigenvalue weighted by molar-refractivity contribution is 0.566. The second kappa shape index (κ2) is 5.14. The van der Waals surface area contributed by atoms with Gasteiger partial charge in [0.2, 0.25) is 0 Å². The van der Waals surface area contributed by atoms with Crippen molar-refractivity contribution in [2.45, 2.75) is 10.6 Å². The molecule has 0 aliphatic rings. The zero-order chi connectivity index (χ0) is 12.3. The van der Waals surface area contributed by atoms with Crippen LogP contribution in [0.3, 0.4) is 0 Å². The molecule has 0 saturated heterocycles. The first-order valence-electron chi connectivity index (χ1n) is 4.93. The van der Waals surface area contributed by atoms with Gasteiger partial charge in [-0.25, -0.2) is 8.78 Å². The maximum atomic E-state index is 13.4. The molecule has 0 atom stereocenters. The van der Waals surface area contributed by atoms with Gasteiger partial charge in [-0.2, -0.15) is 0 Å². The molecule has 2 nitrogen and oxygen atoms in total. The minimum absolute atomic E-state index is 0.0636. The predicted molar refractivity (Wildman–Crippen MR) is 64.6 cm³/mol. The van der Waals surface area contributed by atoms with E-state index in [0.717, 1.165) is 4.90 Å². The molecule has 1 aromatic carbocycles. The second-order valence-corrected chi connectivity index (χ2v) is 4.42. The number of halogens is 2. The molecule has 17 heavy (non-hydrogen) atoms. The molecule has 0 amide bonds. The van der Waals surface area contributed by atoms with E-state index >= 15 is 0 Å². The molecule has 0 unspecified atom stereocenters. The molecule has 0 spiro atoms. The molecule has 5 heteroatoms. The van der Waals surface area contributed by atoms with Crippen LogP contribution < -0.4 is 5.73 Å². The molecule has 0 radical (unpaired) electrons. The molecule has 2 aromatic rings. The van der Waals surface area contributed by atoms with Gasteiger partial charge < -0.3 is 5.73 Å². The van der Waals surface area contributed by atoms with Crippen LogP contribution in [-0.4, -0.2) is 4.98 Å². The molecule has 0 aliphatic heterocycles. The standard InChI is InChI=1S/C12H10F2N2S/c13-9-2-1-3-10(14)8(9)7-17-12-4-5-16-6-11(12)15/h1-6H,7,15H2. The first-order chi connectivity index (χ1) is 8.18. The highest BCUT2D eigenvalue weighted by Gasteiger charge is 2.09. The number of pyridine rings is 1. The summed E-state index contributed by atoms with van der Waals surface area (Å²) in [6.45, 7) is 0. The fourth-order valence-electron chi connectivity index (χ4n) is 1.35. The number of rotatable bonds is 3. The highest BCUT2D eigenvalue weighted by atomic mass is 32.2. The van der Waals surface area contributed by atoms with Crippen molar-refractivity contribution in [2.24, 2.45) is 0 Å². The fourth-order valence-corrected chi connectivity index (χ4v) is 2.30. The lowest BCUT2D eigenvalue weighted by Crippen LogP contribution is -1.94. The Hall–Kier alpha value is -1.62. The van der Waals surface area contributed by atoms with Crippen molar-refractivity contribution in [3.63, 3.8) is 0 Å². The van der Waals surface area contributed by atoms with Crippen molar-refractivity contribution in [2.75, 3.05) is 5.73 Å². The van der Waals surface area contributed by atoms with E-state index in [0.29, 0.717) is 5.69 Å². The molecule has 0 fully saturated rings. The number of hydrogen-bond acceptors (Lipinski definition) is 3. The number of benzene rings is 1. The van der Waals surface area contributed by atoms with Gasteiger partial charge in [0.25, 0.3) is 0 Å². The molecule has 1 aromatic heterocycles. The Balaban J connectivity index is 2.16. The van der Waals surface area contributed by atoms with Crippen LogP contribution in [0.5, 0.6) is 0 Å². The number of anilines is 1. The maximum Gasteiger partial charge on any atom is 0.130 e. The lowest BCUT2D eigenvalue weighted by Gasteiger charge is -2.06. The van der Waals surface area contributed by atoms with E-state index in [1.807, 2.05) is 0 Å². The first-order valence-corrected chi connectivity index (χ1v) is 5.92. The van der Waals surface area contributed by atoms with E-state index in [2.05, 4.69) is 4.98 Å². The van der Waals surface area contributed by atoms with Gasteiger partial charge in [0.15, 0.2) is 0 Å². The van der Waals surface area contributed by atoms with E-state index < -0.39 is 11.6 Å². The average molecular weight is 252 g/mol. The van der Waals surface area contributed by atoms with Gasteiger partial charge in [0, 0.05) is 22.4 Å². The van der Waals surface area contributed by atoms with Gasteiger partial charge in [0.1, 0.15) is 11.6 Å². The Kier molecular flexibility index (Phi) is 3.58. The highest BCUT2D eigenvalue weighted by molar-refractivity contribution is 7.98. The van der Waals surface area contributed by atoms with Crippen LogP contribution in [0.1, 0.15) is 5.56 Å². The topological polar surface area (TPSA) is 38.9 Å². The third-order valence-corrected chi connectivity index (χ3v) is 3.36. The van der Waals surface area contributed by atoms with Crippen LogP contribution in [0.2, 0.25) is 0 Å². The molecule has 88 valence electrons. The van der Waals surface area contributed by atoms with E-state index in [-0.39, 0.29) is 11.3 Å². The van der Waals surface area contributed by atoms with Gasteiger partial charge in [0.05, 0.1) is 11.9 Å². The molecule has 2 rings (SSSR count). The number of hydrogen-bond donors (Lipinski definition) is 1. The van der Waals surface area contributed by atoms with Gasteiger partial charge in [-0.3, -0.25) is 4.98 Å². The van der Waals surface area contributed by atoms with Gasteiger partial charge in [-0.15, -0.1) is 11.8 Å². The number of nitrogens with two attached hydrogens (primary N) is 1. The summed E-state index contributed by atoms with van der Waals surface area (Å²) >= 11 is 1.28. The lowest BCUT2D eigenvalue weighted by atomic mass is 10.2. The molecular formula is C12H10F2N2S. The normalized spacial score (nSPS) is 10.5. The molecule has 2 N–H and O–H groups in total. The summed E-state index contributed by atoms with van der Waals surface area (Å²) in [6.07, 6.45) is 3.11. The summed E-state index contributed by atoms with van der Waals surface area (Å²) in [7, 11) is 0. The zero-order valence-electron chi connectivity index (χ0n) is 8.86. The Bertz CT molecular complexity index is 511. The van der Waals surface area contributed by atoms with Crippen LogP contribution in [0.4, 0.5) is 14.5 Å². The smallest absolute Gasteiger partial charge is 0.130 e. The quantitative estimate of drug-likeness (QED) is 0.852. The van der Waals surface area contributed by atoms with Crippen molar-refractivity contribution in [3.05, 3.63) is 53.9 Å². The van der Waals surface area contributed by atoms with Gasteiger partial charge in [-0.1, -0.05) is 6.07 Å². The minimum Gasteiger partial charge on any atom is -0.397 e. The summed E-state index contributed by atoms with van der Waals surface area (Å²) < 4.78 is 26.7. The summed E-state index contributed by atoms with van der Waals surface area (Å²) in [5.74, 6) is -0.873. The van der Waals surface area contributed by atoms with Crippen molar-refractivity contribution in [3.8, 4) is 0 Å². The van der Waals surface area contributed by atoms with Crippen LogP contribution in [0.25, 0.3) is 0 Å². The number of nitrogen functional groups attached to an aromatic ring is 1. The highest BCUT2D eigenvalue weighted by Crippen LogP contribution is 2.28. The summed E-state index contributed by atoms with van der Waals surface area (Å²) in [5, 5.41) is 0. The van der Waals surface area contributed by atoms with Gasteiger partial charge in [-0.05, 0) is 18.2 Å². The van der Waals surface area contributed by atoms with E-state index in [9.17, 15) is 8.78 Å². The van der Waals surface area contributed by atoms with Crippen LogP contribution >= 0.6 is 11.8 Å². The molecule has 0 saturated carbocycles. The number of nitrogens with zero attached hydrogens (tertiary/aromatic N) is 1. The Morgan fingerprint density at radius 1 is 1.18 bits per heavy atom. The second-order valence-electron chi connectivity index (χ2n) is 3.40. The van der Waals surface area contributed by atoms with E-state index in [4.69, 9.17) is 5.73 Å². The van der Waals surface area contributed by atoms with Crippen LogP contribution in [0, 0.1) is 11.6 Å². The monoisotopic (exact) mass is 252 g/mol. The summed E-state index contributed by atoms with van der Waals surface area (Å²) in [4.78, 5) is 4.61. The summed E-state index contributed by atoms with van der Waals surface area (Å²) in [6, 6.07) is 5.56. The predicted octanol–water partition coefficient (Wildman–Crippen LogP) is 3.23. The number of thioether (sulfide) groups is 1. The Labute approximate surface area is 102 Å². The largest absolute Gasteiger partial charge is 0.397 e. The van der Waals surface area contributed by atoms with E-state index in [1.165, 1.54) is 36.2 Å². The summed E-state index contributed by atoms with van der Waals surface area (Å²) in [5.41, 5.74) is 6.26. The van der Waals surface area contributed by atoms with E-state index in [1.54, 1.807) is 12.3 Å². The van der Waals surface area contributed by atoms with Gasteiger partial charge >= 0.3 is 0 Å². The third kappa shape index (κ3) is 2.74. The average Bonchev–Trinajstić information content (AvgIpc) is 2.30. The minimum atomic E-state index is -0.537. The fraction of sp³-hybridized carbons (Fsp3) is 0.0833. The van der Waals surface area contributed by atoms with Crippen molar-refractivity contribution in [1.29, 1.82) is 0 Å². The van der Waals surface area contributed by atoms with Crippen LogP contribution in [-0.2, 0) is 5.75 Å². The third-order valence-electron chi connectivity index (χ3n) is 2.24. The number of aromatic nitrogens is 1. The van der Waals surface area contributed by atoms with Crippen LogP contribution in [0.15, 0.2) is 41.6 Å². The van der Waals surface area contributed by atoms with Crippen molar-refractivity contribution < 1.29 is 8.78 Å². The molecule has 0 bridgehead atoms. The Morgan fingerprint density at radius 2 is 1.88 bits per heavy atom. The van der Waals surface area contributed by atoms with Crippen molar-refractivity contribution in [1.82, 2.24) is 4.98 Å².